The van der Waals surface area contributed by atoms with Crippen molar-refractivity contribution < 1.29 is 5.21 Å². The Labute approximate surface area is 60.1 Å². The first-order valence-corrected chi connectivity index (χ1v) is 3.38. The average Bonchev–Trinajstić information content (AvgIpc) is 2.36. The Kier molecular flexibility index (Phi) is 1.80. The molecule has 4 N–H and O–H groups in total. The molecule has 0 amide bonds. The zero-order chi connectivity index (χ0) is 7.61. The molecule has 1 unspecified atom stereocenters. The summed E-state index contributed by atoms with van der Waals surface area (Å²) in [6.45, 7) is 3.75. The third kappa shape index (κ3) is 1.07. The standard InChI is InChI=1S/C6H13N3O/c1-6(5(7)9-10)2-3-8-4-6/h8,10H,2-4H2,1H3,(H2,7,9). The van der Waals surface area contributed by atoms with Crippen molar-refractivity contribution in [1.82, 2.24) is 5.32 Å². The van der Waals surface area contributed by atoms with Crippen molar-refractivity contribution in [3.63, 3.8) is 0 Å². The smallest absolute Gasteiger partial charge is 0.146 e. The van der Waals surface area contributed by atoms with E-state index in [0.717, 1.165) is 19.5 Å². The van der Waals surface area contributed by atoms with Crippen LogP contribution in [0.5, 0.6) is 0 Å². The van der Waals surface area contributed by atoms with E-state index in [4.69, 9.17) is 10.9 Å². The van der Waals surface area contributed by atoms with Gasteiger partial charge in [-0.3, -0.25) is 0 Å². The Bertz CT molecular complexity index is 149. The van der Waals surface area contributed by atoms with Crippen molar-refractivity contribution in [2.45, 2.75) is 13.3 Å². The number of hydrogen-bond acceptors (Lipinski definition) is 3. The zero-order valence-corrected chi connectivity index (χ0v) is 6.09. The highest BCUT2D eigenvalue weighted by molar-refractivity contribution is 5.86. The highest BCUT2D eigenvalue weighted by Crippen LogP contribution is 2.23. The molecule has 1 aliphatic rings. The second kappa shape index (κ2) is 2.46. The fourth-order valence-electron chi connectivity index (χ4n) is 1.16. The van der Waals surface area contributed by atoms with Gasteiger partial charge in [0.25, 0.3) is 0 Å². The molecule has 1 atom stereocenters. The van der Waals surface area contributed by atoms with Crippen LogP contribution in [0.4, 0.5) is 0 Å². The number of oxime groups is 1. The van der Waals surface area contributed by atoms with E-state index in [0.29, 0.717) is 5.84 Å². The van der Waals surface area contributed by atoms with Gasteiger partial charge in [0.2, 0.25) is 0 Å². The molecule has 1 aliphatic heterocycles. The van der Waals surface area contributed by atoms with Crippen LogP contribution in [0.3, 0.4) is 0 Å². The Morgan fingerprint density at radius 1 is 1.80 bits per heavy atom. The minimum absolute atomic E-state index is 0.130. The second-order valence-electron chi connectivity index (χ2n) is 2.97. The molecule has 0 spiro atoms. The van der Waals surface area contributed by atoms with E-state index in [9.17, 15) is 0 Å². The summed E-state index contributed by atoms with van der Waals surface area (Å²) >= 11 is 0. The highest BCUT2D eigenvalue weighted by atomic mass is 16.4. The first-order valence-electron chi connectivity index (χ1n) is 3.38. The molecular weight excluding hydrogens is 130 g/mol. The molecule has 0 aromatic carbocycles. The number of amidine groups is 1. The van der Waals surface area contributed by atoms with Gasteiger partial charge in [-0.1, -0.05) is 12.1 Å². The molecule has 1 rings (SSSR count). The molecule has 1 saturated heterocycles. The summed E-state index contributed by atoms with van der Waals surface area (Å²) in [5.41, 5.74) is 5.34. The molecule has 4 nitrogen and oxygen atoms in total. The van der Waals surface area contributed by atoms with E-state index in [1.807, 2.05) is 6.92 Å². The normalized spacial score (nSPS) is 34.7. The molecule has 0 saturated carbocycles. The molecule has 58 valence electrons. The van der Waals surface area contributed by atoms with Crippen LogP contribution in [-0.2, 0) is 0 Å². The fourth-order valence-corrected chi connectivity index (χ4v) is 1.16. The molecule has 0 aromatic rings. The predicted octanol–water partition coefficient (Wildman–Crippen LogP) is -0.268. The van der Waals surface area contributed by atoms with Gasteiger partial charge in [-0.25, -0.2) is 0 Å². The van der Waals surface area contributed by atoms with Crippen LogP contribution in [0, 0.1) is 5.41 Å². The van der Waals surface area contributed by atoms with E-state index in [-0.39, 0.29) is 5.41 Å². The second-order valence-corrected chi connectivity index (χ2v) is 2.97. The molecule has 10 heavy (non-hydrogen) atoms. The van der Waals surface area contributed by atoms with Crippen molar-refractivity contribution in [2.75, 3.05) is 13.1 Å². The molecule has 0 aliphatic carbocycles. The lowest BCUT2D eigenvalue weighted by molar-refractivity contribution is 0.307. The van der Waals surface area contributed by atoms with Crippen LogP contribution < -0.4 is 11.1 Å². The zero-order valence-electron chi connectivity index (χ0n) is 6.09. The van der Waals surface area contributed by atoms with E-state index in [2.05, 4.69) is 10.5 Å². The van der Waals surface area contributed by atoms with E-state index in [1.165, 1.54) is 0 Å². The summed E-state index contributed by atoms with van der Waals surface area (Å²) in [7, 11) is 0. The molecule has 0 radical (unpaired) electrons. The van der Waals surface area contributed by atoms with Crippen LogP contribution in [0.1, 0.15) is 13.3 Å². The van der Waals surface area contributed by atoms with Crippen LogP contribution in [0.2, 0.25) is 0 Å². The quantitative estimate of drug-likeness (QED) is 0.205. The van der Waals surface area contributed by atoms with Crippen molar-refractivity contribution >= 4 is 5.84 Å². The topological polar surface area (TPSA) is 70.6 Å². The summed E-state index contributed by atoms with van der Waals surface area (Å²) in [5.74, 6) is 0.331. The van der Waals surface area contributed by atoms with Crippen LogP contribution in [0.25, 0.3) is 0 Å². The van der Waals surface area contributed by atoms with Crippen LogP contribution >= 0.6 is 0 Å². The van der Waals surface area contributed by atoms with Crippen molar-refractivity contribution in [2.24, 2.45) is 16.3 Å². The lowest BCUT2D eigenvalue weighted by atomic mass is 9.89. The van der Waals surface area contributed by atoms with E-state index >= 15 is 0 Å². The van der Waals surface area contributed by atoms with Gasteiger partial charge in [0.1, 0.15) is 5.84 Å². The third-order valence-electron chi connectivity index (χ3n) is 2.09. The Hall–Kier alpha value is -0.770. The average molecular weight is 143 g/mol. The first-order chi connectivity index (χ1) is 4.69. The first kappa shape index (κ1) is 7.34. The van der Waals surface area contributed by atoms with Gasteiger partial charge >= 0.3 is 0 Å². The Morgan fingerprint density at radius 2 is 2.50 bits per heavy atom. The Balaban J connectivity index is 2.67. The van der Waals surface area contributed by atoms with Gasteiger partial charge in [-0.05, 0) is 13.0 Å². The number of nitrogens with one attached hydrogen (secondary N) is 1. The van der Waals surface area contributed by atoms with Crippen LogP contribution in [-0.4, -0.2) is 24.1 Å². The molecule has 1 heterocycles. The maximum atomic E-state index is 8.40. The van der Waals surface area contributed by atoms with Gasteiger partial charge in [0, 0.05) is 12.0 Å². The Morgan fingerprint density at radius 3 is 2.90 bits per heavy atom. The monoisotopic (exact) mass is 143 g/mol. The molecule has 1 fully saturated rings. The van der Waals surface area contributed by atoms with E-state index in [1.54, 1.807) is 0 Å². The molecular formula is C6H13N3O. The summed E-state index contributed by atoms with van der Waals surface area (Å²) < 4.78 is 0. The van der Waals surface area contributed by atoms with Crippen molar-refractivity contribution in [3.8, 4) is 0 Å². The minimum Gasteiger partial charge on any atom is -0.409 e. The lowest BCUT2D eigenvalue weighted by Gasteiger charge is -2.19. The summed E-state index contributed by atoms with van der Waals surface area (Å²) in [6.07, 6.45) is 0.947. The van der Waals surface area contributed by atoms with Crippen molar-refractivity contribution in [3.05, 3.63) is 0 Å². The molecule has 0 aromatic heterocycles. The minimum atomic E-state index is -0.130. The predicted molar refractivity (Wildman–Crippen MR) is 39.0 cm³/mol. The third-order valence-corrected chi connectivity index (χ3v) is 2.09. The van der Waals surface area contributed by atoms with Crippen molar-refractivity contribution in [1.29, 1.82) is 0 Å². The lowest BCUT2D eigenvalue weighted by Crippen LogP contribution is -2.36. The fraction of sp³-hybridized carbons (Fsp3) is 0.833. The van der Waals surface area contributed by atoms with Gasteiger partial charge in [-0.15, -0.1) is 0 Å². The number of nitrogens with two attached hydrogens (primary N) is 1. The molecule has 0 bridgehead atoms. The van der Waals surface area contributed by atoms with E-state index < -0.39 is 0 Å². The largest absolute Gasteiger partial charge is 0.409 e. The number of rotatable bonds is 1. The highest BCUT2D eigenvalue weighted by Gasteiger charge is 2.32. The van der Waals surface area contributed by atoms with Crippen LogP contribution in [0.15, 0.2) is 5.16 Å². The molecule has 4 heteroatoms. The maximum Gasteiger partial charge on any atom is 0.146 e. The summed E-state index contributed by atoms with van der Waals surface area (Å²) in [4.78, 5) is 0. The van der Waals surface area contributed by atoms with Gasteiger partial charge < -0.3 is 16.3 Å². The van der Waals surface area contributed by atoms with Gasteiger partial charge in [0.05, 0.1) is 0 Å². The van der Waals surface area contributed by atoms with Gasteiger partial charge in [0.15, 0.2) is 0 Å². The SMILES string of the molecule is CC1(/C(N)=N/O)CCNC1. The summed E-state index contributed by atoms with van der Waals surface area (Å²) in [6, 6.07) is 0. The number of hydrogen-bond donors (Lipinski definition) is 3. The summed E-state index contributed by atoms with van der Waals surface area (Å²) in [5, 5.41) is 14.5. The van der Waals surface area contributed by atoms with Gasteiger partial charge in [-0.2, -0.15) is 0 Å². The maximum absolute atomic E-state index is 8.40. The number of nitrogens with zero attached hydrogens (tertiary/aromatic N) is 1.